The molecule has 1 aromatic rings. The van der Waals surface area contributed by atoms with E-state index in [2.05, 4.69) is 4.90 Å². The largest absolute Gasteiger partial charge is 0.421 e. The van der Waals surface area contributed by atoms with Crippen molar-refractivity contribution in [3.63, 3.8) is 0 Å². The topological polar surface area (TPSA) is 73.3 Å². The van der Waals surface area contributed by atoms with Crippen LogP contribution < -0.4 is 4.90 Å². The first kappa shape index (κ1) is 28.2. The van der Waals surface area contributed by atoms with E-state index in [1.807, 2.05) is 17.9 Å². The number of sulfonamides is 1. The number of morpholine rings is 1. The second-order valence-electron chi connectivity index (χ2n) is 9.83. The molecule has 2 saturated heterocycles. The molecule has 0 spiro atoms. The summed E-state index contributed by atoms with van der Waals surface area (Å²) < 4.78 is 73.9. The molecule has 0 saturated carbocycles. The van der Waals surface area contributed by atoms with Crippen LogP contribution in [0, 0.1) is 0 Å². The first-order valence-corrected chi connectivity index (χ1v) is 14.1. The van der Waals surface area contributed by atoms with Crippen molar-refractivity contribution < 1.29 is 31.4 Å². The van der Waals surface area contributed by atoms with Crippen LogP contribution in [0.4, 0.5) is 18.9 Å². The van der Waals surface area contributed by atoms with Crippen LogP contribution in [0.2, 0.25) is 0 Å². The number of ether oxygens (including phenoxy) is 1. The number of rotatable bonds is 6. The number of benzene rings is 1. The average Bonchev–Trinajstić information content (AvgIpc) is 2.85. The summed E-state index contributed by atoms with van der Waals surface area (Å²) in [4.78, 5) is 4.81. The van der Waals surface area contributed by atoms with Gasteiger partial charge in [0.05, 0.1) is 24.2 Å². The van der Waals surface area contributed by atoms with Crippen molar-refractivity contribution in [1.29, 1.82) is 0 Å². The summed E-state index contributed by atoms with van der Waals surface area (Å²) in [5.41, 5.74) is -2.56. The number of piperazine rings is 1. The monoisotopic (exact) mass is 559 g/mol. The smallest absolute Gasteiger partial charge is 0.379 e. The Morgan fingerprint density at radius 1 is 1.16 bits per heavy atom. The quantitative estimate of drug-likeness (QED) is 0.537. The molecule has 4 rings (SSSR count). The summed E-state index contributed by atoms with van der Waals surface area (Å²) >= 11 is 5.33. The fourth-order valence-corrected chi connectivity index (χ4v) is 6.95. The molecule has 0 amide bonds. The fourth-order valence-electron chi connectivity index (χ4n) is 4.88. The highest BCUT2D eigenvalue weighted by molar-refractivity contribution is 7.96. The minimum absolute atomic E-state index is 0.144. The maximum atomic E-state index is 13.5. The van der Waals surface area contributed by atoms with Crippen LogP contribution in [-0.2, 0) is 20.4 Å². The van der Waals surface area contributed by atoms with Gasteiger partial charge in [0.2, 0.25) is 10.0 Å². The van der Waals surface area contributed by atoms with Crippen molar-refractivity contribution in [2.75, 3.05) is 50.8 Å². The summed E-state index contributed by atoms with van der Waals surface area (Å²) in [7, 11) is -3.80. The van der Waals surface area contributed by atoms with E-state index in [4.69, 9.17) is 17.0 Å². The number of nitrogens with zero attached hydrogens (tertiary/aromatic N) is 3. The SMILES string of the molecule is C[C@H]1COCCN1CC1CN(S(=O)(=O)C2=CC=CCC2=S)CCN1c1ccc(C(C)(O)C(F)(F)F)cc1. The number of halogens is 3. The maximum Gasteiger partial charge on any atom is 0.421 e. The van der Waals surface area contributed by atoms with Gasteiger partial charge in [0.25, 0.3) is 0 Å². The van der Waals surface area contributed by atoms with Gasteiger partial charge in [0, 0.05) is 55.7 Å². The normalized spacial score (nSPS) is 26.2. The summed E-state index contributed by atoms with van der Waals surface area (Å²) in [6, 6.07) is 5.55. The standard InChI is InChI=1S/C25H32F3N3O4S2/c1-18-17-35-14-13-29(18)15-21-16-30(37(33,34)23-6-4-3-5-22(23)36)11-12-31(21)20-9-7-19(8-10-20)24(2,32)25(26,27)28/h3-4,6-10,18,21,32H,5,11-17H2,1-2H3/t18-,21?,24?/m0/s1. The number of allylic oxidation sites excluding steroid dienone is 4. The number of thiocarbonyl (C=S) groups is 1. The molecule has 0 bridgehead atoms. The van der Waals surface area contributed by atoms with E-state index in [-0.39, 0.29) is 35.6 Å². The molecule has 204 valence electrons. The third-order valence-electron chi connectivity index (χ3n) is 7.29. The number of hydrogen-bond acceptors (Lipinski definition) is 7. The molecule has 0 aromatic heterocycles. The fraction of sp³-hybridized carbons (Fsp3) is 0.560. The first-order chi connectivity index (χ1) is 17.3. The molecular weight excluding hydrogens is 527 g/mol. The molecule has 2 aliphatic heterocycles. The minimum atomic E-state index is -4.81. The molecular formula is C25H32F3N3O4S2. The summed E-state index contributed by atoms with van der Waals surface area (Å²) in [5.74, 6) is 0. The van der Waals surface area contributed by atoms with Crippen molar-refractivity contribution in [2.24, 2.45) is 0 Å². The van der Waals surface area contributed by atoms with Crippen molar-refractivity contribution in [1.82, 2.24) is 9.21 Å². The Morgan fingerprint density at radius 3 is 2.49 bits per heavy atom. The van der Waals surface area contributed by atoms with Gasteiger partial charge in [-0.15, -0.1) is 0 Å². The van der Waals surface area contributed by atoms with Gasteiger partial charge >= 0.3 is 6.18 Å². The zero-order chi connectivity index (χ0) is 27.0. The Balaban J connectivity index is 1.61. The second-order valence-corrected chi connectivity index (χ2v) is 12.2. The van der Waals surface area contributed by atoms with Gasteiger partial charge in [-0.05, 0) is 37.6 Å². The van der Waals surface area contributed by atoms with Crippen molar-refractivity contribution in [2.45, 2.75) is 44.1 Å². The molecule has 7 nitrogen and oxygen atoms in total. The summed E-state index contributed by atoms with van der Waals surface area (Å²) in [6.45, 7) is 5.96. The predicted octanol–water partition coefficient (Wildman–Crippen LogP) is 3.21. The van der Waals surface area contributed by atoms with E-state index < -0.39 is 21.8 Å². The van der Waals surface area contributed by atoms with Crippen LogP contribution in [-0.4, -0.2) is 91.8 Å². The first-order valence-electron chi connectivity index (χ1n) is 12.2. The lowest BCUT2D eigenvalue weighted by molar-refractivity contribution is -0.258. The average molecular weight is 560 g/mol. The summed E-state index contributed by atoms with van der Waals surface area (Å²) in [5, 5.41) is 10.0. The van der Waals surface area contributed by atoms with Crippen LogP contribution in [0.3, 0.4) is 0 Å². The molecule has 12 heteroatoms. The molecule has 2 fully saturated rings. The molecule has 37 heavy (non-hydrogen) atoms. The Labute approximate surface area is 221 Å². The zero-order valence-electron chi connectivity index (χ0n) is 20.8. The van der Waals surface area contributed by atoms with E-state index in [1.165, 1.54) is 22.5 Å². The lowest BCUT2D eigenvalue weighted by Crippen LogP contribution is -2.60. The molecule has 3 aliphatic rings. The van der Waals surface area contributed by atoms with E-state index in [0.717, 1.165) is 6.92 Å². The molecule has 0 radical (unpaired) electrons. The third-order valence-corrected chi connectivity index (χ3v) is 9.75. The van der Waals surface area contributed by atoms with Gasteiger partial charge in [-0.25, -0.2) is 8.42 Å². The van der Waals surface area contributed by atoms with E-state index in [1.54, 1.807) is 18.2 Å². The maximum absolute atomic E-state index is 13.5. The number of aliphatic hydroxyl groups is 1. The molecule has 1 aliphatic carbocycles. The van der Waals surface area contributed by atoms with Gasteiger partial charge < -0.3 is 14.7 Å². The molecule has 1 N–H and O–H groups in total. The van der Waals surface area contributed by atoms with Crippen LogP contribution in [0.1, 0.15) is 25.8 Å². The number of hydrogen-bond donors (Lipinski definition) is 1. The van der Waals surface area contributed by atoms with Gasteiger partial charge in [-0.3, -0.25) is 4.90 Å². The van der Waals surface area contributed by atoms with Gasteiger partial charge in [0.15, 0.2) is 5.60 Å². The third kappa shape index (κ3) is 5.79. The Morgan fingerprint density at radius 2 is 1.86 bits per heavy atom. The van der Waals surface area contributed by atoms with Crippen molar-refractivity contribution >= 4 is 32.8 Å². The molecule has 2 heterocycles. The Hall–Kier alpha value is -1.83. The van der Waals surface area contributed by atoms with Crippen LogP contribution >= 0.6 is 12.2 Å². The number of anilines is 1. The van der Waals surface area contributed by atoms with E-state index in [0.29, 0.717) is 49.8 Å². The Kier molecular flexibility index (Phi) is 8.18. The predicted molar refractivity (Wildman–Crippen MR) is 140 cm³/mol. The van der Waals surface area contributed by atoms with Crippen molar-refractivity contribution in [3.8, 4) is 0 Å². The Bertz CT molecular complexity index is 1170. The molecule has 2 unspecified atom stereocenters. The summed E-state index contributed by atoms with van der Waals surface area (Å²) in [6.07, 6.45) is 0.652. The molecule has 1 aromatic carbocycles. The van der Waals surface area contributed by atoms with Crippen molar-refractivity contribution in [3.05, 3.63) is 53.0 Å². The zero-order valence-corrected chi connectivity index (χ0v) is 22.4. The highest BCUT2D eigenvalue weighted by Gasteiger charge is 2.51. The van der Waals surface area contributed by atoms with Crippen LogP contribution in [0.15, 0.2) is 47.4 Å². The highest BCUT2D eigenvalue weighted by Crippen LogP contribution is 2.39. The van der Waals surface area contributed by atoms with E-state index in [9.17, 15) is 26.7 Å². The lowest BCUT2D eigenvalue weighted by Gasteiger charge is -2.46. The highest BCUT2D eigenvalue weighted by atomic mass is 32.2. The second kappa shape index (κ2) is 10.7. The number of alkyl halides is 3. The van der Waals surface area contributed by atoms with Gasteiger partial charge in [0.1, 0.15) is 0 Å². The lowest BCUT2D eigenvalue weighted by atomic mass is 9.95. The van der Waals surface area contributed by atoms with E-state index >= 15 is 0 Å². The van der Waals surface area contributed by atoms with Gasteiger partial charge in [-0.2, -0.15) is 17.5 Å². The molecule has 3 atom stereocenters. The van der Waals surface area contributed by atoms with Crippen LogP contribution in [0.5, 0.6) is 0 Å². The minimum Gasteiger partial charge on any atom is -0.379 e. The van der Waals surface area contributed by atoms with Crippen LogP contribution in [0.25, 0.3) is 0 Å². The van der Waals surface area contributed by atoms with Gasteiger partial charge in [-0.1, -0.05) is 36.5 Å².